The largest absolute Gasteiger partial charge is 0.514 e. The zero-order chi connectivity index (χ0) is 10.6. The van der Waals surface area contributed by atoms with Crippen LogP contribution in [0.2, 0.25) is 0 Å². The molecule has 0 aliphatic heterocycles. The number of hydrogen-bond donors (Lipinski definition) is 3. The molecule has 0 bridgehead atoms. The van der Waals surface area contributed by atoms with Gasteiger partial charge in [0, 0.05) is 12.1 Å². The fourth-order valence-corrected chi connectivity index (χ4v) is 1.05. The van der Waals surface area contributed by atoms with Crippen molar-refractivity contribution in [3.8, 4) is 0 Å². The predicted octanol–water partition coefficient (Wildman–Crippen LogP) is 1.29. The smallest absolute Gasteiger partial charge is 0.335 e. The fraction of sp³-hybridized carbons (Fsp3) is 0.100. The number of benzene rings is 1. The summed E-state index contributed by atoms with van der Waals surface area (Å²) in [6.07, 6.45) is 1.25. The highest BCUT2D eigenvalue weighted by Crippen LogP contribution is 2.07. The molecule has 4 N–H and O–H groups in total. The topological polar surface area (TPSA) is 83.5 Å². The second-order valence-corrected chi connectivity index (χ2v) is 2.88. The van der Waals surface area contributed by atoms with E-state index in [9.17, 15) is 4.79 Å². The molecule has 0 radical (unpaired) electrons. The first-order chi connectivity index (χ1) is 6.63. The van der Waals surface area contributed by atoms with E-state index in [1.807, 2.05) is 0 Å². The van der Waals surface area contributed by atoms with Gasteiger partial charge in [-0.3, -0.25) is 0 Å². The maximum atomic E-state index is 10.5. The van der Waals surface area contributed by atoms with E-state index in [1.165, 1.54) is 12.1 Å². The molecule has 1 aromatic rings. The molecule has 0 atom stereocenters. The Balaban J connectivity index is 2.79. The van der Waals surface area contributed by atoms with Crippen molar-refractivity contribution in [3.05, 3.63) is 47.4 Å². The molecule has 74 valence electrons. The summed E-state index contributed by atoms with van der Waals surface area (Å²) in [5.74, 6) is -0.956. The summed E-state index contributed by atoms with van der Waals surface area (Å²) in [7, 11) is 0. The van der Waals surface area contributed by atoms with Crippen LogP contribution in [0.5, 0.6) is 0 Å². The predicted molar refractivity (Wildman–Crippen MR) is 52.0 cm³/mol. The third-order valence-electron chi connectivity index (χ3n) is 1.77. The fourth-order valence-electron chi connectivity index (χ4n) is 1.05. The van der Waals surface area contributed by atoms with E-state index in [4.69, 9.17) is 15.9 Å². The zero-order valence-corrected chi connectivity index (χ0v) is 7.47. The van der Waals surface area contributed by atoms with Gasteiger partial charge in [0.05, 0.1) is 11.8 Å². The van der Waals surface area contributed by atoms with Crippen LogP contribution in [0, 0.1) is 0 Å². The first kappa shape index (κ1) is 10.1. The van der Waals surface area contributed by atoms with Crippen LogP contribution in [0.1, 0.15) is 15.9 Å². The number of carbonyl (C=O) groups is 1. The maximum absolute atomic E-state index is 10.5. The van der Waals surface area contributed by atoms with E-state index in [0.717, 1.165) is 11.8 Å². The molecule has 14 heavy (non-hydrogen) atoms. The summed E-state index contributed by atoms with van der Waals surface area (Å²) in [5, 5.41) is 17.2. The normalized spacial score (nSPS) is 11.3. The number of rotatable bonds is 3. The molecule has 0 spiro atoms. The second kappa shape index (κ2) is 4.32. The van der Waals surface area contributed by atoms with Crippen molar-refractivity contribution in [2.75, 3.05) is 0 Å². The van der Waals surface area contributed by atoms with Crippen molar-refractivity contribution < 1.29 is 15.0 Å². The van der Waals surface area contributed by atoms with E-state index in [2.05, 4.69) is 0 Å². The molecule has 1 rings (SSSR count). The molecule has 0 heterocycles. The Hall–Kier alpha value is -1.97. The van der Waals surface area contributed by atoms with E-state index in [-0.39, 0.29) is 5.56 Å². The summed E-state index contributed by atoms with van der Waals surface area (Å²) < 4.78 is 0. The van der Waals surface area contributed by atoms with Gasteiger partial charge in [-0.2, -0.15) is 0 Å². The van der Waals surface area contributed by atoms with E-state index < -0.39 is 5.97 Å². The van der Waals surface area contributed by atoms with Gasteiger partial charge in [-0.05, 0) is 17.7 Å². The van der Waals surface area contributed by atoms with Gasteiger partial charge in [0.1, 0.15) is 0 Å². The van der Waals surface area contributed by atoms with Gasteiger partial charge >= 0.3 is 5.97 Å². The molecule has 0 aliphatic rings. The molecule has 4 nitrogen and oxygen atoms in total. The first-order valence-electron chi connectivity index (χ1n) is 4.04. The zero-order valence-electron chi connectivity index (χ0n) is 7.47. The van der Waals surface area contributed by atoms with Crippen molar-refractivity contribution in [1.82, 2.24) is 0 Å². The number of aliphatic hydroxyl groups is 1. The molecular weight excluding hydrogens is 182 g/mol. The van der Waals surface area contributed by atoms with Crippen molar-refractivity contribution in [3.63, 3.8) is 0 Å². The number of allylic oxidation sites excluding steroid dienone is 1. The number of aliphatic hydroxyl groups excluding tert-OH is 1. The lowest BCUT2D eigenvalue weighted by Crippen LogP contribution is -2.02. The van der Waals surface area contributed by atoms with Crippen molar-refractivity contribution >= 4 is 5.97 Å². The van der Waals surface area contributed by atoms with Crippen molar-refractivity contribution in [1.29, 1.82) is 0 Å². The molecule has 1 aromatic carbocycles. The van der Waals surface area contributed by atoms with Gasteiger partial charge in [0.25, 0.3) is 0 Å². The molecule has 0 amide bonds. The summed E-state index contributed by atoms with van der Waals surface area (Å²) in [5.41, 5.74) is 6.83. The Kier molecular flexibility index (Phi) is 3.12. The highest BCUT2D eigenvalue weighted by molar-refractivity contribution is 5.87. The lowest BCUT2D eigenvalue weighted by molar-refractivity contribution is 0.0697. The molecule has 4 heteroatoms. The van der Waals surface area contributed by atoms with Crippen molar-refractivity contribution in [2.45, 2.75) is 6.42 Å². The Bertz CT molecular complexity index is 354. The first-order valence-corrected chi connectivity index (χ1v) is 4.04. The van der Waals surface area contributed by atoms with Gasteiger partial charge in [0.2, 0.25) is 0 Å². The summed E-state index contributed by atoms with van der Waals surface area (Å²) in [4.78, 5) is 10.5. The quantitative estimate of drug-likeness (QED) is 0.631. The molecule has 0 aromatic heterocycles. The van der Waals surface area contributed by atoms with Crippen LogP contribution in [0.4, 0.5) is 0 Å². The molecular formula is C10H11NO3. The Morgan fingerprint density at radius 1 is 1.36 bits per heavy atom. The minimum atomic E-state index is -0.956. The van der Waals surface area contributed by atoms with Crippen LogP contribution in [-0.2, 0) is 6.42 Å². The average molecular weight is 193 g/mol. The van der Waals surface area contributed by atoms with Crippen molar-refractivity contribution in [2.24, 2.45) is 5.73 Å². The summed E-state index contributed by atoms with van der Waals surface area (Å²) in [6.45, 7) is 0. The average Bonchev–Trinajstić information content (AvgIpc) is 2.18. The second-order valence-electron chi connectivity index (χ2n) is 2.88. The molecule has 0 saturated heterocycles. The number of aromatic carboxylic acids is 1. The minimum Gasteiger partial charge on any atom is -0.514 e. The van der Waals surface area contributed by atoms with Crippen LogP contribution in [0.25, 0.3) is 0 Å². The Labute approximate surface area is 81.3 Å². The lowest BCUT2D eigenvalue weighted by atomic mass is 10.1. The van der Waals surface area contributed by atoms with Gasteiger partial charge in [0.15, 0.2) is 0 Å². The highest BCUT2D eigenvalue weighted by atomic mass is 16.4. The third-order valence-corrected chi connectivity index (χ3v) is 1.77. The Morgan fingerprint density at radius 2 is 1.93 bits per heavy atom. The van der Waals surface area contributed by atoms with E-state index >= 15 is 0 Å². The molecule has 0 aliphatic carbocycles. The lowest BCUT2D eigenvalue weighted by Gasteiger charge is -2.01. The van der Waals surface area contributed by atoms with Crippen LogP contribution >= 0.6 is 0 Å². The van der Waals surface area contributed by atoms with Crippen LogP contribution in [0.3, 0.4) is 0 Å². The number of nitrogens with two attached hydrogens (primary N) is 1. The standard InChI is InChI=1S/C10H11NO3/c11-9(6-12)5-7-1-3-8(4-2-7)10(13)14/h1-4,6,12H,5,11H2,(H,13,14)/b9-6-. The van der Waals surface area contributed by atoms with Crippen LogP contribution in [0.15, 0.2) is 36.2 Å². The SMILES string of the molecule is N/C(=C\O)Cc1ccc(C(=O)O)cc1. The number of carboxylic acids is 1. The van der Waals surface area contributed by atoms with Gasteiger partial charge < -0.3 is 15.9 Å². The number of carboxylic acid groups (broad SMARTS) is 1. The summed E-state index contributed by atoms with van der Waals surface area (Å²) >= 11 is 0. The van der Waals surface area contributed by atoms with E-state index in [0.29, 0.717) is 12.1 Å². The van der Waals surface area contributed by atoms with E-state index in [1.54, 1.807) is 12.1 Å². The minimum absolute atomic E-state index is 0.236. The molecule has 0 unspecified atom stereocenters. The van der Waals surface area contributed by atoms with Gasteiger partial charge in [-0.25, -0.2) is 4.79 Å². The summed E-state index contributed by atoms with van der Waals surface area (Å²) in [6, 6.07) is 6.34. The maximum Gasteiger partial charge on any atom is 0.335 e. The molecule has 0 saturated carbocycles. The van der Waals surface area contributed by atoms with Gasteiger partial charge in [-0.1, -0.05) is 12.1 Å². The molecule has 0 fully saturated rings. The van der Waals surface area contributed by atoms with Crippen LogP contribution in [-0.4, -0.2) is 16.2 Å². The third kappa shape index (κ3) is 2.52. The highest BCUT2D eigenvalue weighted by Gasteiger charge is 2.01. The Morgan fingerprint density at radius 3 is 2.36 bits per heavy atom. The van der Waals surface area contributed by atoms with Crippen LogP contribution < -0.4 is 5.73 Å². The number of hydrogen-bond acceptors (Lipinski definition) is 3. The van der Waals surface area contributed by atoms with Gasteiger partial charge in [-0.15, -0.1) is 0 Å². The monoisotopic (exact) mass is 193 g/mol.